The van der Waals surface area contributed by atoms with Gasteiger partial charge in [0, 0.05) is 6.04 Å². The molecule has 1 atom stereocenters. The lowest BCUT2D eigenvalue weighted by molar-refractivity contribution is -0.146. The molecule has 1 N–H and O–H groups in total. The van der Waals surface area contributed by atoms with Gasteiger partial charge in [0.1, 0.15) is 6.04 Å². The van der Waals surface area contributed by atoms with E-state index in [9.17, 15) is 4.79 Å². The molecule has 0 bridgehead atoms. The lowest BCUT2D eigenvalue weighted by atomic mass is 10.0. The molecule has 0 aliphatic rings. The molecule has 0 aromatic heterocycles. The maximum atomic E-state index is 12.0. The van der Waals surface area contributed by atoms with Crippen molar-refractivity contribution in [2.45, 2.75) is 46.7 Å². The van der Waals surface area contributed by atoms with Crippen molar-refractivity contribution in [2.24, 2.45) is 0 Å². The fraction of sp³-hybridized carbons (Fsp3) is 0.533. The van der Waals surface area contributed by atoms with Crippen LogP contribution in [0.5, 0.6) is 0 Å². The molecule has 18 heavy (non-hydrogen) atoms. The number of benzene rings is 1. The molecule has 3 nitrogen and oxygen atoms in total. The first-order chi connectivity index (χ1) is 8.45. The van der Waals surface area contributed by atoms with Gasteiger partial charge < -0.3 is 4.74 Å². The van der Waals surface area contributed by atoms with E-state index < -0.39 is 0 Å². The Kier molecular flexibility index (Phi) is 5.35. The molecule has 0 spiro atoms. The first-order valence-corrected chi connectivity index (χ1v) is 6.45. The minimum atomic E-state index is -0.385. The first kappa shape index (κ1) is 14.7. The van der Waals surface area contributed by atoms with Gasteiger partial charge in [0.2, 0.25) is 0 Å². The summed E-state index contributed by atoms with van der Waals surface area (Å²) in [6.07, 6.45) is 0. The topological polar surface area (TPSA) is 38.3 Å². The third-order valence-corrected chi connectivity index (χ3v) is 2.89. The summed E-state index contributed by atoms with van der Waals surface area (Å²) < 4.78 is 5.13. The van der Waals surface area contributed by atoms with Crippen molar-refractivity contribution >= 4 is 5.97 Å². The van der Waals surface area contributed by atoms with Crippen molar-refractivity contribution in [1.82, 2.24) is 5.32 Å². The number of hydrogen-bond donors (Lipinski definition) is 1. The van der Waals surface area contributed by atoms with Gasteiger partial charge in [0.05, 0.1) is 6.61 Å². The molecule has 0 radical (unpaired) electrons. The summed E-state index contributed by atoms with van der Waals surface area (Å²) in [4.78, 5) is 12.0. The summed E-state index contributed by atoms with van der Waals surface area (Å²) in [5, 5.41) is 3.25. The van der Waals surface area contributed by atoms with Crippen LogP contribution in [0.25, 0.3) is 0 Å². The Balaban J connectivity index is 3.00. The van der Waals surface area contributed by atoms with Gasteiger partial charge in [-0.3, -0.25) is 5.32 Å². The molecule has 0 heterocycles. The van der Waals surface area contributed by atoms with Gasteiger partial charge in [-0.15, -0.1) is 0 Å². The Bertz CT molecular complexity index is 413. The van der Waals surface area contributed by atoms with E-state index in [2.05, 4.69) is 19.2 Å². The number of ether oxygens (including phenoxy) is 1. The Labute approximate surface area is 110 Å². The lowest BCUT2D eigenvalue weighted by Crippen LogP contribution is -2.34. The second-order valence-corrected chi connectivity index (χ2v) is 4.85. The highest BCUT2D eigenvalue weighted by molar-refractivity contribution is 5.77. The number of rotatable bonds is 5. The first-order valence-electron chi connectivity index (χ1n) is 6.45. The zero-order valence-electron chi connectivity index (χ0n) is 11.9. The molecule has 1 aromatic rings. The minimum Gasteiger partial charge on any atom is -0.465 e. The summed E-state index contributed by atoms with van der Waals surface area (Å²) in [7, 11) is 0. The van der Waals surface area contributed by atoms with Crippen LogP contribution in [0.15, 0.2) is 18.2 Å². The summed E-state index contributed by atoms with van der Waals surface area (Å²) in [5.41, 5.74) is 3.38. The van der Waals surface area contributed by atoms with E-state index in [1.807, 2.05) is 39.0 Å². The molecule has 1 aromatic carbocycles. The monoisotopic (exact) mass is 249 g/mol. The molecular weight excluding hydrogens is 226 g/mol. The van der Waals surface area contributed by atoms with Gasteiger partial charge in [0.25, 0.3) is 0 Å². The van der Waals surface area contributed by atoms with Gasteiger partial charge in [-0.05, 0) is 51.3 Å². The Morgan fingerprint density at radius 2 is 1.94 bits per heavy atom. The Morgan fingerprint density at radius 1 is 1.28 bits per heavy atom. The molecule has 0 aliphatic carbocycles. The predicted molar refractivity (Wildman–Crippen MR) is 73.6 cm³/mol. The average molecular weight is 249 g/mol. The highest BCUT2D eigenvalue weighted by Crippen LogP contribution is 2.19. The number of nitrogens with one attached hydrogen (secondary N) is 1. The largest absolute Gasteiger partial charge is 0.465 e. The highest BCUT2D eigenvalue weighted by Gasteiger charge is 2.22. The minimum absolute atomic E-state index is 0.213. The van der Waals surface area contributed by atoms with Gasteiger partial charge >= 0.3 is 5.97 Å². The standard InChI is InChI=1S/C15H23NO2/c1-6-18-15(17)14(16-10(2)3)13-8-7-11(4)12(5)9-13/h7-10,14,16H,6H2,1-5H3. The van der Waals surface area contributed by atoms with Crippen LogP contribution < -0.4 is 5.32 Å². The van der Waals surface area contributed by atoms with Gasteiger partial charge in [0.15, 0.2) is 0 Å². The number of esters is 1. The van der Waals surface area contributed by atoms with E-state index in [-0.39, 0.29) is 18.1 Å². The SMILES string of the molecule is CCOC(=O)C(NC(C)C)c1ccc(C)c(C)c1. The quantitative estimate of drug-likeness (QED) is 0.815. The van der Waals surface area contributed by atoms with Crippen LogP contribution in [0, 0.1) is 13.8 Å². The molecular formula is C15H23NO2. The van der Waals surface area contributed by atoms with Crippen molar-refractivity contribution in [3.05, 3.63) is 34.9 Å². The van der Waals surface area contributed by atoms with E-state index in [4.69, 9.17) is 4.74 Å². The van der Waals surface area contributed by atoms with E-state index >= 15 is 0 Å². The second kappa shape index (κ2) is 6.55. The number of aryl methyl sites for hydroxylation is 2. The molecule has 100 valence electrons. The van der Waals surface area contributed by atoms with Gasteiger partial charge in [-0.2, -0.15) is 0 Å². The van der Waals surface area contributed by atoms with Crippen molar-refractivity contribution in [1.29, 1.82) is 0 Å². The van der Waals surface area contributed by atoms with E-state index in [0.717, 1.165) is 5.56 Å². The second-order valence-electron chi connectivity index (χ2n) is 4.85. The molecule has 1 rings (SSSR count). The fourth-order valence-electron chi connectivity index (χ4n) is 1.80. The van der Waals surface area contributed by atoms with Crippen LogP contribution in [0.2, 0.25) is 0 Å². The van der Waals surface area contributed by atoms with Crippen LogP contribution in [0.1, 0.15) is 43.5 Å². The zero-order chi connectivity index (χ0) is 13.7. The van der Waals surface area contributed by atoms with Crippen molar-refractivity contribution < 1.29 is 9.53 Å². The molecule has 0 fully saturated rings. The van der Waals surface area contributed by atoms with Crippen molar-refractivity contribution in [3.8, 4) is 0 Å². The number of carbonyl (C=O) groups is 1. The van der Waals surface area contributed by atoms with Crippen LogP contribution >= 0.6 is 0 Å². The van der Waals surface area contributed by atoms with Crippen molar-refractivity contribution in [2.75, 3.05) is 6.61 Å². The lowest BCUT2D eigenvalue weighted by Gasteiger charge is -2.20. The fourth-order valence-corrected chi connectivity index (χ4v) is 1.80. The Hall–Kier alpha value is -1.35. The average Bonchev–Trinajstić information content (AvgIpc) is 2.30. The number of carbonyl (C=O) groups excluding carboxylic acids is 1. The normalized spacial score (nSPS) is 12.6. The summed E-state index contributed by atoms with van der Waals surface area (Å²) in [5.74, 6) is -0.213. The molecule has 3 heteroatoms. The molecule has 0 aliphatic heterocycles. The van der Waals surface area contributed by atoms with E-state index in [1.54, 1.807) is 0 Å². The van der Waals surface area contributed by atoms with Crippen LogP contribution in [0.3, 0.4) is 0 Å². The third-order valence-electron chi connectivity index (χ3n) is 2.89. The smallest absolute Gasteiger partial charge is 0.327 e. The maximum Gasteiger partial charge on any atom is 0.327 e. The van der Waals surface area contributed by atoms with E-state index in [0.29, 0.717) is 6.61 Å². The van der Waals surface area contributed by atoms with Gasteiger partial charge in [-0.25, -0.2) is 4.79 Å². The summed E-state index contributed by atoms with van der Waals surface area (Å²) in [6, 6.07) is 5.91. The van der Waals surface area contributed by atoms with E-state index in [1.165, 1.54) is 11.1 Å². The maximum absolute atomic E-state index is 12.0. The predicted octanol–water partition coefficient (Wildman–Crippen LogP) is 2.91. The zero-order valence-corrected chi connectivity index (χ0v) is 11.9. The summed E-state index contributed by atoms with van der Waals surface area (Å²) in [6.45, 7) is 10.4. The number of hydrogen-bond acceptors (Lipinski definition) is 3. The van der Waals surface area contributed by atoms with Crippen molar-refractivity contribution in [3.63, 3.8) is 0 Å². The van der Waals surface area contributed by atoms with Crippen LogP contribution in [-0.2, 0) is 9.53 Å². The summed E-state index contributed by atoms with van der Waals surface area (Å²) >= 11 is 0. The molecule has 1 unspecified atom stereocenters. The highest BCUT2D eigenvalue weighted by atomic mass is 16.5. The third kappa shape index (κ3) is 3.84. The molecule has 0 saturated carbocycles. The molecule has 0 saturated heterocycles. The Morgan fingerprint density at radius 3 is 2.44 bits per heavy atom. The van der Waals surface area contributed by atoms with Crippen LogP contribution in [0.4, 0.5) is 0 Å². The van der Waals surface area contributed by atoms with Gasteiger partial charge in [-0.1, -0.05) is 18.2 Å². The molecule has 0 amide bonds. The van der Waals surface area contributed by atoms with Crippen LogP contribution in [-0.4, -0.2) is 18.6 Å².